The molecule has 0 unspecified atom stereocenters. The number of hydrogen-bond donors (Lipinski definition) is 0. The summed E-state index contributed by atoms with van der Waals surface area (Å²) in [6.07, 6.45) is 0.125. The van der Waals surface area contributed by atoms with Crippen molar-refractivity contribution in [2.75, 3.05) is 0 Å². The van der Waals surface area contributed by atoms with Gasteiger partial charge in [-0.3, -0.25) is 0 Å². The normalized spacial score (nSPS) is 12.6. The predicted octanol–water partition coefficient (Wildman–Crippen LogP) is 3.90. The molecule has 150 valence electrons. The van der Waals surface area contributed by atoms with Crippen molar-refractivity contribution in [1.29, 1.82) is 0 Å². The molecule has 0 aliphatic heterocycles. The van der Waals surface area contributed by atoms with Crippen LogP contribution in [0.15, 0.2) is 0 Å². The summed E-state index contributed by atoms with van der Waals surface area (Å²) >= 11 is 0. The standard InChI is InChI=1S/C17H25F5O3Si/c1-9(2)23-17(25-26,24-10(3)4)8-6-5-7-11-12(18)14(20)16(22)15(21)13(11)19/h9-10H,5-8H2,1-4,26H3. The zero-order valence-corrected chi connectivity index (χ0v) is 17.6. The lowest BCUT2D eigenvalue weighted by atomic mass is 10.0. The molecule has 0 bridgehead atoms. The van der Waals surface area contributed by atoms with Crippen LogP contribution in [-0.4, -0.2) is 28.7 Å². The Morgan fingerprint density at radius 1 is 0.769 bits per heavy atom. The van der Waals surface area contributed by atoms with Crippen molar-refractivity contribution in [2.24, 2.45) is 0 Å². The Labute approximate surface area is 153 Å². The summed E-state index contributed by atoms with van der Waals surface area (Å²) in [4.78, 5) is 0. The minimum atomic E-state index is -2.15. The topological polar surface area (TPSA) is 27.7 Å². The zero-order valence-electron chi connectivity index (χ0n) is 15.6. The molecule has 0 radical (unpaired) electrons. The van der Waals surface area contributed by atoms with Gasteiger partial charge < -0.3 is 13.9 Å². The lowest BCUT2D eigenvalue weighted by Gasteiger charge is -2.36. The number of benzene rings is 1. The molecule has 0 atom stereocenters. The van der Waals surface area contributed by atoms with Crippen LogP contribution in [0, 0.1) is 29.1 Å². The monoisotopic (exact) mass is 400 g/mol. The molecule has 1 aromatic carbocycles. The minimum Gasteiger partial charge on any atom is -0.380 e. The average Bonchev–Trinajstić information content (AvgIpc) is 2.56. The van der Waals surface area contributed by atoms with E-state index < -0.39 is 40.6 Å². The van der Waals surface area contributed by atoms with Gasteiger partial charge in [-0.15, -0.1) is 0 Å². The average molecular weight is 400 g/mol. The fourth-order valence-corrected chi connectivity index (χ4v) is 2.97. The molecule has 0 aromatic heterocycles. The van der Waals surface area contributed by atoms with Gasteiger partial charge in [-0.25, -0.2) is 22.0 Å². The summed E-state index contributed by atoms with van der Waals surface area (Å²) in [5.41, 5.74) is -0.812. The molecule has 26 heavy (non-hydrogen) atoms. The van der Waals surface area contributed by atoms with Gasteiger partial charge in [-0.05, 0) is 47.0 Å². The number of rotatable bonds is 10. The molecule has 0 aliphatic carbocycles. The molecule has 1 rings (SSSR count). The van der Waals surface area contributed by atoms with Gasteiger partial charge in [0.05, 0.1) is 12.2 Å². The van der Waals surface area contributed by atoms with Crippen LogP contribution in [-0.2, 0) is 20.3 Å². The molecule has 0 saturated heterocycles. The van der Waals surface area contributed by atoms with Crippen molar-refractivity contribution >= 4 is 10.5 Å². The molecule has 0 N–H and O–H groups in total. The van der Waals surface area contributed by atoms with Gasteiger partial charge in [0.25, 0.3) is 5.97 Å². The van der Waals surface area contributed by atoms with E-state index in [0.29, 0.717) is 16.9 Å². The second kappa shape index (κ2) is 9.77. The number of hydrogen-bond acceptors (Lipinski definition) is 3. The second-order valence-corrected chi connectivity index (χ2v) is 6.88. The molecule has 0 saturated carbocycles. The second-order valence-electron chi connectivity index (χ2n) is 6.48. The maximum Gasteiger partial charge on any atom is 0.273 e. The first-order valence-corrected chi connectivity index (χ1v) is 9.27. The first kappa shape index (κ1) is 23.0. The van der Waals surface area contributed by atoms with Gasteiger partial charge in [0.1, 0.15) is 0 Å². The smallest absolute Gasteiger partial charge is 0.273 e. The Morgan fingerprint density at radius 2 is 1.19 bits per heavy atom. The van der Waals surface area contributed by atoms with Gasteiger partial charge in [-0.1, -0.05) is 0 Å². The third kappa shape index (κ3) is 5.73. The summed E-state index contributed by atoms with van der Waals surface area (Å²) in [6.45, 7) is 7.25. The van der Waals surface area contributed by atoms with E-state index in [-0.39, 0.29) is 31.5 Å². The van der Waals surface area contributed by atoms with Gasteiger partial charge in [0.2, 0.25) is 5.82 Å². The van der Waals surface area contributed by atoms with E-state index in [0.717, 1.165) is 0 Å². The van der Waals surface area contributed by atoms with Crippen LogP contribution in [0.2, 0.25) is 0 Å². The van der Waals surface area contributed by atoms with Crippen molar-refractivity contribution in [3.63, 3.8) is 0 Å². The minimum absolute atomic E-state index is 0.175. The fourth-order valence-electron chi connectivity index (χ4n) is 2.58. The fraction of sp³-hybridized carbons (Fsp3) is 0.647. The molecule has 1 aromatic rings. The van der Waals surface area contributed by atoms with Crippen LogP contribution in [0.3, 0.4) is 0 Å². The number of ether oxygens (including phenoxy) is 2. The van der Waals surface area contributed by atoms with Crippen molar-refractivity contribution in [3.05, 3.63) is 34.6 Å². The van der Waals surface area contributed by atoms with Gasteiger partial charge >= 0.3 is 0 Å². The van der Waals surface area contributed by atoms with E-state index in [1.807, 2.05) is 27.7 Å². The molecule has 0 fully saturated rings. The lowest BCUT2D eigenvalue weighted by Crippen LogP contribution is -2.42. The molecule has 0 spiro atoms. The van der Waals surface area contributed by atoms with Gasteiger partial charge in [0.15, 0.2) is 33.8 Å². The molecular weight excluding hydrogens is 375 g/mol. The Morgan fingerprint density at radius 3 is 1.58 bits per heavy atom. The van der Waals surface area contributed by atoms with Crippen molar-refractivity contribution in [2.45, 2.75) is 71.6 Å². The van der Waals surface area contributed by atoms with Crippen LogP contribution in [0.1, 0.15) is 52.5 Å². The third-order valence-electron chi connectivity index (χ3n) is 3.60. The highest BCUT2D eigenvalue weighted by Gasteiger charge is 2.34. The maximum absolute atomic E-state index is 13.7. The Balaban J connectivity index is 2.81. The Kier molecular flexibility index (Phi) is 8.65. The van der Waals surface area contributed by atoms with Gasteiger partial charge in [0, 0.05) is 12.0 Å². The van der Waals surface area contributed by atoms with Gasteiger partial charge in [-0.2, -0.15) is 0 Å². The number of unbranched alkanes of at least 4 members (excludes halogenated alkanes) is 1. The van der Waals surface area contributed by atoms with Crippen LogP contribution in [0.5, 0.6) is 0 Å². The highest BCUT2D eigenvalue weighted by molar-refractivity contribution is 5.98. The largest absolute Gasteiger partial charge is 0.380 e. The van der Waals surface area contributed by atoms with Crippen LogP contribution in [0.25, 0.3) is 0 Å². The highest BCUT2D eigenvalue weighted by Crippen LogP contribution is 2.28. The molecule has 0 heterocycles. The molecular formula is C17H25F5O3Si. The van der Waals surface area contributed by atoms with E-state index in [4.69, 9.17) is 13.9 Å². The summed E-state index contributed by atoms with van der Waals surface area (Å²) in [5, 5.41) is 0. The highest BCUT2D eigenvalue weighted by atomic mass is 28.2. The third-order valence-corrected chi connectivity index (χ3v) is 4.22. The maximum atomic E-state index is 13.7. The van der Waals surface area contributed by atoms with Crippen LogP contribution >= 0.6 is 0 Å². The summed E-state index contributed by atoms with van der Waals surface area (Å²) in [5.74, 6) is -10.9. The van der Waals surface area contributed by atoms with E-state index in [2.05, 4.69) is 0 Å². The lowest BCUT2D eigenvalue weighted by molar-refractivity contribution is -0.369. The van der Waals surface area contributed by atoms with E-state index >= 15 is 0 Å². The van der Waals surface area contributed by atoms with Crippen molar-refractivity contribution in [1.82, 2.24) is 0 Å². The van der Waals surface area contributed by atoms with Crippen LogP contribution < -0.4 is 0 Å². The Bertz CT molecular complexity index is 572. The van der Waals surface area contributed by atoms with Crippen LogP contribution in [0.4, 0.5) is 22.0 Å². The summed E-state index contributed by atoms with van der Waals surface area (Å²) in [7, 11) is 0.334. The van der Waals surface area contributed by atoms with Crippen molar-refractivity contribution in [3.8, 4) is 0 Å². The first-order chi connectivity index (χ1) is 12.0. The van der Waals surface area contributed by atoms with E-state index in [1.165, 1.54) is 0 Å². The zero-order chi connectivity index (χ0) is 20.1. The predicted molar refractivity (Wildman–Crippen MR) is 90.0 cm³/mol. The summed E-state index contributed by atoms with van der Waals surface area (Å²) in [6, 6.07) is 0. The van der Waals surface area contributed by atoms with Crippen molar-refractivity contribution < 1.29 is 35.9 Å². The number of halogens is 5. The van der Waals surface area contributed by atoms with E-state index in [1.54, 1.807) is 0 Å². The molecule has 0 amide bonds. The first-order valence-electron chi connectivity index (χ1n) is 8.45. The molecule has 9 heteroatoms. The molecule has 0 aliphatic rings. The Hall–Kier alpha value is -1.03. The van der Waals surface area contributed by atoms with E-state index in [9.17, 15) is 22.0 Å². The quantitative estimate of drug-likeness (QED) is 0.149. The SMILES string of the molecule is CC(C)OC(CCCCc1c(F)c(F)c(F)c(F)c1F)(O[SiH3])OC(C)C. The summed E-state index contributed by atoms with van der Waals surface area (Å²) < 4.78 is 83.8. The molecule has 3 nitrogen and oxygen atoms in total.